The number of aromatic nitrogens is 2. The van der Waals surface area contributed by atoms with E-state index in [1.807, 2.05) is 36.3 Å². The van der Waals surface area contributed by atoms with Gasteiger partial charge in [0.1, 0.15) is 10.7 Å². The van der Waals surface area contributed by atoms with E-state index in [1.165, 1.54) is 23.5 Å². The lowest BCUT2D eigenvalue weighted by atomic mass is 10.2. The summed E-state index contributed by atoms with van der Waals surface area (Å²) in [6.07, 6.45) is 1.98. The van der Waals surface area contributed by atoms with Crippen molar-refractivity contribution in [3.05, 3.63) is 46.9 Å². The van der Waals surface area contributed by atoms with Gasteiger partial charge in [-0.1, -0.05) is 11.3 Å². The lowest BCUT2D eigenvalue weighted by Crippen LogP contribution is -2.48. The van der Waals surface area contributed by atoms with Crippen LogP contribution in [0.2, 0.25) is 0 Å². The van der Waals surface area contributed by atoms with Crippen LogP contribution >= 0.6 is 11.3 Å². The van der Waals surface area contributed by atoms with E-state index in [0.717, 1.165) is 21.9 Å². The Bertz CT molecular complexity index is 953. The number of hydrogen-bond donors (Lipinski definition) is 0. The summed E-state index contributed by atoms with van der Waals surface area (Å²) in [7, 11) is 0. The number of halogens is 1. The average Bonchev–Trinajstić information content (AvgIpc) is 3.14. The highest BCUT2D eigenvalue weighted by atomic mass is 32.1. The molecule has 2 aromatic heterocycles. The molecule has 4 rings (SSSR count). The summed E-state index contributed by atoms with van der Waals surface area (Å²) in [4.78, 5) is 20.9. The molecule has 1 aliphatic heterocycles. The van der Waals surface area contributed by atoms with Crippen molar-refractivity contribution in [2.75, 3.05) is 13.1 Å². The number of thiazole rings is 1. The average molecular weight is 373 g/mol. The summed E-state index contributed by atoms with van der Waals surface area (Å²) in [5.41, 5.74) is 2.50. The Morgan fingerprint density at radius 1 is 1.23 bits per heavy atom. The zero-order valence-corrected chi connectivity index (χ0v) is 15.7. The third-order valence-corrected chi connectivity index (χ3v) is 5.74. The molecular weight excluding hydrogens is 353 g/mol. The van der Waals surface area contributed by atoms with Crippen molar-refractivity contribution in [2.24, 2.45) is 0 Å². The van der Waals surface area contributed by atoms with Crippen LogP contribution in [-0.4, -0.2) is 45.5 Å². The van der Waals surface area contributed by atoms with Gasteiger partial charge in [0.05, 0.1) is 17.9 Å². The van der Waals surface area contributed by atoms with Gasteiger partial charge < -0.3 is 9.64 Å². The zero-order valence-electron chi connectivity index (χ0n) is 14.9. The predicted octanol–water partition coefficient (Wildman–Crippen LogP) is 3.76. The van der Waals surface area contributed by atoms with E-state index in [0.29, 0.717) is 18.0 Å². The molecule has 0 saturated carbocycles. The van der Waals surface area contributed by atoms with Gasteiger partial charge in [-0.3, -0.25) is 9.20 Å². The van der Waals surface area contributed by atoms with E-state index in [9.17, 15) is 9.18 Å². The third-order valence-electron chi connectivity index (χ3n) is 4.60. The van der Waals surface area contributed by atoms with Crippen LogP contribution in [0.3, 0.4) is 0 Å². The Morgan fingerprint density at radius 2 is 1.88 bits per heavy atom. The summed E-state index contributed by atoms with van der Waals surface area (Å²) < 4.78 is 20.8. The molecule has 1 fully saturated rings. The van der Waals surface area contributed by atoms with Gasteiger partial charge >= 0.3 is 0 Å². The molecule has 5 nitrogen and oxygen atoms in total. The van der Waals surface area contributed by atoms with E-state index in [4.69, 9.17) is 4.74 Å². The molecule has 0 unspecified atom stereocenters. The van der Waals surface area contributed by atoms with E-state index in [2.05, 4.69) is 4.98 Å². The van der Waals surface area contributed by atoms with Gasteiger partial charge in [-0.2, -0.15) is 0 Å². The lowest BCUT2D eigenvalue weighted by molar-refractivity contribution is -0.0585. The standard InChI is InChI=1S/C19H20FN3O2S/c1-11-8-22(9-12(2)25-11)18(24)17-13(3)23-10-16(21-19(23)26-17)14-4-6-15(20)7-5-14/h4-7,10-12H,8-9H2,1-3H3/t11-,12-/m0/s1. The van der Waals surface area contributed by atoms with Crippen LogP contribution in [0.4, 0.5) is 4.39 Å². The fraction of sp³-hybridized carbons (Fsp3) is 0.368. The van der Waals surface area contributed by atoms with Crippen LogP contribution in [0.5, 0.6) is 0 Å². The fourth-order valence-electron chi connectivity index (χ4n) is 3.40. The molecule has 136 valence electrons. The van der Waals surface area contributed by atoms with E-state index in [1.54, 1.807) is 12.1 Å². The molecular formula is C19H20FN3O2S. The lowest BCUT2D eigenvalue weighted by Gasteiger charge is -2.35. The Balaban J connectivity index is 1.65. The van der Waals surface area contributed by atoms with E-state index >= 15 is 0 Å². The van der Waals surface area contributed by atoms with E-state index in [-0.39, 0.29) is 23.9 Å². The number of aryl methyl sites for hydroxylation is 1. The summed E-state index contributed by atoms with van der Waals surface area (Å²) >= 11 is 1.39. The first-order valence-corrected chi connectivity index (χ1v) is 9.43. The van der Waals surface area contributed by atoms with Crippen molar-refractivity contribution >= 4 is 22.2 Å². The minimum absolute atomic E-state index is 0.0309. The van der Waals surface area contributed by atoms with Gasteiger partial charge in [0.2, 0.25) is 0 Å². The Hall–Kier alpha value is -2.25. The number of ether oxygens (including phenoxy) is 1. The maximum atomic E-state index is 13.1. The topological polar surface area (TPSA) is 46.8 Å². The van der Waals surface area contributed by atoms with Gasteiger partial charge in [-0.05, 0) is 45.0 Å². The van der Waals surface area contributed by atoms with E-state index < -0.39 is 0 Å². The van der Waals surface area contributed by atoms with Crippen molar-refractivity contribution in [1.29, 1.82) is 0 Å². The number of nitrogens with zero attached hydrogens (tertiary/aromatic N) is 3. The number of amides is 1. The second-order valence-corrected chi connectivity index (χ2v) is 7.75. The smallest absolute Gasteiger partial charge is 0.266 e. The number of carbonyl (C=O) groups is 1. The Morgan fingerprint density at radius 3 is 2.50 bits per heavy atom. The molecule has 7 heteroatoms. The molecule has 1 aliphatic rings. The van der Waals surface area contributed by atoms with Crippen molar-refractivity contribution in [3.8, 4) is 11.3 Å². The molecule has 3 aromatic rings. The fourth-order valence-corrected chi connectivity index (χ4v) is 4.47. The van der Waals surface area contributed by atoms with Gasteiger partial charge in [-0.15, -0.1) is 0 Å². The molecule has 1 aromatic carbocycles. The van der Waals surface area contributed by atoms with Gasteiger partial charge in [0.25, 0.3) is 5.91 Å². The highest BCUT2D eigenvalue weighted by Crippen LogP contribution is 2.29. The van der Waals surface area contributed by atoms with Crippen LogP contribution in [0, 0.1) is 12.7 Å². The number of fused-ring (bicyclic) bond motifs is 1. The molecule has 1 amide bonds. The summed E-state index contributed by atoms with van der Waals surface area (Å²) in [6, 6.07) is 6.26. The Kier molecular flexibility index (Phi) is 4.28. The molecule has 26 heavy (non-hydrogen) atoms. The number of carbonyl (C=O) groups excluding carboxylic acids is 1. The highest BCUT2D eigenvalue weighted by molar-refractivity contribution is 7.19. The largest absolute Gasteiger partial charge is 0.372 e. The SMILES string of the molecule is Cc1c(C(=O)N2C[C@H](C)O[C@@H](C)C2)sc2nc(-c3ccc(F)cc3)cn12. The van der Waals surface area contributed by atoms with Crippen LogP contribution in [0.25, 0.3) is 16.2 Å². The second kappa shape index (κ2) is 6.48. The first-order valence-electron chi connectivity index (χ1n) is 8.61. The molecule has 1 saturated heterocycles. The van der Waals surface area contributed by atoms with Crippen LogP contribution < -0.4 is 0 Å². The predicted molar refractivity (Wildman–Crippen MR) is 99.1 cm³/mol. The molecule has 0 aliphatic carbocycles. The Labute approximate surface area is 155 Å². The van der Waals surface area contributed by atoms with Crippen molar-refractivity contribution in [3.63, 3.8) is 0 Å². The highest BCUT2D eigenvalue weighted by Gasteiger charge is 2.29. The molecule has 2 atom stereocenters. The maximum Gasteiger partial charge on any atom is 0.266 e. The third kappa shape index (κ3) is 3.01. The zero-order chi connectivity index (χ0) is 18.4. The minimum atomic E-state index is -0.271. The number of benzene rings is 1. The first kappa shape index (κ1) is 17.2. The monoisotopic (exact) mass is 373 g/mol. The quantitative estimate of drug-likeness (QED) is 0.687. The normalized spacial score (nSPS) is 20.7. The second-order valence-electron chi connectivity index (χ2n) is 6.77. The number of imidazole rings is 1. The summed E-state index contributed by atoms with van der Waals surface area (Å²) in [5.74, 6) is -0.240. The summed E-state index contributed by atoms with van der Waals surface area (Å²) in [6.45, 7) is 7.10. The van der Waals surface area contributed by atoms with Gasteiger partial charge in [0.15, 0.2) is 4.96 Å². The van der Waals surface area contributed by atoms with Crippen molar-refractivity contribution in [2.45, 2.75) is 33.0 Å². The number of hydrogen-bond acceptors (Lipinski definition) is 4. The van der Waals surface area contributed by atoms with Crippen molar-refractivity contribution < 1.29 is 13.9 Å². The van der Waals surface area contributed by atoms with Gasteiger partial charge in [0, 0.05) is 30.5 Å². The molecule has 0 N–H and O–H groups in total. The summed E-state index contributed by atoms with van der Waals surface area (Å²) in [5, 5.41) is 0. The maximum absolute atomic E-state index is 13.1. The number of rotatable bonds is 2. The molecule has 0 radical (unpaired) electrons. The van der Waals surface area contributed by atoms with Gasteiger partial charge in [-0.25, -0.2) is 9.37 Å². The molecule has 0 spiro atoms. The van der Waals surface area contributed by atoms with Crippen LogP contribution in [0.15, 0.2) is 30.5 Å². The van der Waals surface area contributed by atoms with Crippen molar-refractivity contribution in [1.82, 2.24) is 14.3 Å². The minimum Gasteiger partial charge on any atom is -0.372 e. The molecule has 0 bridgehead atoms. The number of morpholine rings is 1. The van der Waals surface area contributed by atoms with Crippen LogP contribution in [0.1, 0.15) is 29.2 Å². The first-order chi connectivity index (χ1) is 12.4. The molecule has 3 heterocycles. The van der Waals surface area contributed by atoms with Crippen LogP contribution in [-0.2, 0) is 4.74 Å².